The molecule has 0 saturated heterocycles. The molecule has 0 aliphatic carbocycles. The third-order valence-corrected chi connectivity index (χ3v) is 1.26. The molecule has 2 nitrogen and oxygen atoms in total. The summed E-state index contributed by atoms with van der Waals surface area (Å²) >= 11 is 0. The van der Waals surface area contributed by atoms with Gasteiger partial charge in [0.25, 0.3) is 0 Å². The van der Waals surface area contributed by atoms with Crippen LogP contribution in [-0.2, 0) is 9.84 Å². The van der Waals surface area contributed by atoms with Crippen LogP contribution in [0.3, 0.4) is 0 Å². The molecule has 0 rings (SSSR count). The summed E-state index contributed by atoms with van der Waals surface area (Å²) < 4.78 is 52.0. The molecule has 0 aromatic carbocycles. The van der Waals surface area contributed by atoms with Crippen LogP contribution in [-0.4, -0.2) is 20.2 Å². The van der Waals surface area contributed by atoms with Crippen LogP contribution in [0, 0.1) is 0 Å². The minimum atomic E-state index is -5.09. The van der Waals surface area contributed by atoms with Crippen LogP contribution >= 0.6 is 0 Å². The highest BCUT2D eigenvalue weighted by molar-refractivity contribution is 7.91. The summed E-state index contributed by atoms with van der Waals surface area (Å²) in [6.07, 6.45) is 0.118. The van der Waals surface area contributed by atoms with Crippen molar-refractivity contribution in [3.8, 4) is 0 Å². The van der Waals surface area contributed by atoms with Crippen molar-refractivity contribution in [2.24, 2.45) is 0 Å². The number of rotatable bonds is 0. The highest BCUT2D eigenvalue weighted by Crippen LogP contribution is 2.20. The predicted octanol–water partition coefficient (Wildman–Crippen LogP) is 0.551. The van der Waals surface area contributed by atoms with Crippen LogP contribution in [0.2, 0.25) is 0 Å². The molecular weight excluding hydrogens is 144 g/mol. The van der Waals surface area contributed by atoms with Gasteiger partial charge in [-0.2, -0.15) is 13.2 Å². The molecule has 0 aromatic heterocycles. The number of hydrogen-bond acceptors (Lipinski definition) is 2. The molecule has 50 valence electrons. The SMILES string of the molecule is CS(=O)(=O)C(F)(F)[18F]. The van der Waals surface area contributed by atoms with Gasteiger partial charge in [0.15, 0.2) is 0 Å². The first-order chi connectivity index (χ1) is 3.25. The molecule has 8 heavy (non-hydrogen) atoms. The molecule has 0 N–H and O–H groups in total. The maximum absolute atomic E-state index is 11.0. The van der Waals surface area contributed by atoms with Gasteiger partial charge in [-0.15, -0.1) is 0 Å². The Hall–Kier alpha value is -0.260. The molecule has 0 unspecified atom stereocenters. The molecule has 0 atom stereocenters. The second-order valence-corrected chi connectivity index (χ2v) is 3.23. The van der Waals surface area contributed by atoms with Crippen LogP contribution in [0.4, 0.5) is 13.2 Å². The minimum Gasteiger partial charge on any atom is -0.220 e. The fourth-order valence-electron chi connectivity index (χ4n) is 0. The summed E-state index contributed by atoms with van der Waals surface area (Å²) in [6, 6.07) is 0. The van der Waals surface area contributed by atoms with Crippen LogP contribution in [0.1, 0.15) is 0 Å². The van der Waals surface area contributed by atoms with E-state index in [-0.39, 0.29) is 6.26 Å². The van der Waals surface area contributed by atoms with Crippen molar-refractivity contribution in [2.45, 2.75) is 5.51 Å². The quantitative estimate of drug-likeness (QED) is 0.501. The second-order valence-electron chi connectivity index (χ2n) is 1.22. The zero-order chi connectivity index (χ0) is 7.00. The first-order valence-electron chi connectivity index (χ1n) is 1.51. The molecule has 0 saturated carbocycles. The van der Waals surface area contributed by atoms with E-state index in [9.17, 15) is 21.6 Å². The van der Waals surface area contributed by atoms with Gasteiger partial charge in [-0.25, -0.2) is 8.42 Å². The minimum absolute atomic E-state index is 0.118. The third-order valence-electron chi connectivity index (χ3n) is 0.420. The molecular formula is C2H3F3O2S. The van der Waals surface area contributed by atoms with Crippen molar-refractivity contribution in [2.75, 3.05) is 6.26 Å². The van der Waals surface area contributed by atoms with Crippen molar-refractivity contribution in [1.29, 1.82) is 0 Å². The maximum atomic E-state index is 11.0. The standard InChI is InChI=1S/C2H3F3O2S/c1-8(6,7)2(3,4)5/h1H3/i3-1. The third kappa shape index (κ3) is 1.69. The second kappa shape index (κ2) is 1.61. The number of sulfone groups is 1. The van der Waals surface area contributed by atoms with Crippen LogP contribution in [0.25, 0.3) is 0 Å². The lowest BCUT2D eigenvalue weighted by Gasteiger charge is -1.99. The van der Waals surface area contributed by atoms with Crippen LogP contribution in [0.5, 0.6) is 0 Å². The Morgan fingerprint density at radius 1 is 1.25 bits per heavy atom. The van der Waals surface area contributed by atoms with Gasteiger partial charge in [0, 0.05) is 6.26 Å². The van der Waals surface area contributed by atoms with E-state index in [0.29, 0.717) is 0 Å². The van der Waals surface area contributed by atoms with Gasteiger partial charge in [-0.3, -0.25) is 0 Å². The summed E-state index contributed by atoms with van der Waals surface area (Å²) in [5.41, 5.74) is -5.09. The van der Waals surface area contributed by atoms with Crippen molar-refractivity contribution < 1.29 is 21.6 Å². The number of alkyl halides is 3. The van der Waals surface area contributed by atoms with E-state index in [1.54, 1.807) is 0 Å². The van der Waals surface area contributed by atoms with Gasteiger partial charge in [-0.05, 0) is 0 Å². The van der Waals surface area contributed by atoms with Gasteiger partial charge in [-0.1, -0.05) is 0 Å². The van der Waals surface area contributed by atoms with Crippen LogP contribution < -0.4 is 0 Å². The molecule has 0 fully saturated rings. The molecule has 0 spiro atoms. The highest BCUT2D eigenvalue weighted by Gasteiger charge is 2.41. The maximum Gasteiger partial charge on any atom is 0.497 e. The van der Waals surface area contributed by atoms with Gasteiger partial charge in [0.2, 0.25) is 9.84 Å². The fraction of sp³-hybridized carbons (Fsp3) is 1.00. The summed E-state index contributed by atoms with van der Waals surface area (Å²) in [4.78, 5) is 0. The molecule has 6 heteroatoms. The Morgan fingerprint density at radius 2 is 1.38 bits per heavy atom. The molecule has 0 heterocycles. The van der Waals surface area contributed by atoms with Crippen molar-refractivity contribution in [3.63, 3.8) is 0 Å². The average molecular weight is 147 g/mol. The van der Waals surface area contributed by atoms with E-state index < -0.39 is 15.3 Å². The van der Waals surface area contributed by atoms with E-state index in [1.165, 1.54) is 0 Å². The average Bonchev–Trinajstić information content (AvgIpc) is 1.25. The highest BCUT2D eigenvalue weighted by atomic mass is 32.2. The summed E-state index contributed by atoms with van der Waals surface area (Å²) in [6.45, 7) is 0. The predicted molar refractivity (Wildman–Crippen MR) is 20.9 cm³/mol. The topological polar surface area (TPSA) is 34.1 Å². The lowest BCUT2D eigenvalue weighted by atomic mass is 11.5. The van der Waals surface area contributed by atoms with Gasteiger partial charge >= 0.3 is 5.51 Å². The molecule has 0 aliphatic heterocycles. The first kappa shape index (κ1) is 7.74. The van der Waals surface area contributed by atoms with Crippen molar-refractivity contribution in [1.82, 2.24) is 0 Å². The lowest BCUT2D eigenvalue weighted by Crippen LogP contribution is -2.20. The van der Waals surface area contributed by atoms with E-state index >= 15 is 0 Å². The zero-order valence-corrected chi connectivity index (χ0v) is 4.68. The Balaban J connectivity index is 4.53. The number of hydrogen-bond donors (Lipinski definition) is 0. The van der Waals surface area contributed by atoms with Crippen molar-refractivity contribution in [3.05, 3.63) is 0 Å². The summed E-state index contributed by atoms with van der Waals surface area (Å²) in [5, 5.41) is 0. The molecule has 0 aromatic rings. The first-order valence-corrected chi connectivity index (χ1v) is 3.40. The van der Waals surface area contributed by atoms with Gasteiger partial charge in [0.05, 0.1) is 0 Å². The largest absolute Gasteiger partial charge is 0.497 e. The molecule has 0 amide bonds. The lowest BCUT2D eigenvalue weighted by molar-refractivity contribution is -0.0429. The Morgan fingerprint density at radius 3 is 1.38 bits per heavy atom. The Bertz CT molecular complexity index is 164. The zero-order valence-electron chi connectivity index (χ0n) is 3.86. The Labute approximate surface area is 44.2 Å². The van der Waals surface area contributed by atoms with E-state index in [4.69, 9.17) is 0 Å². The van der Waals surface area contributed by atoms with E-state index in [1.807, 2.05) is 0 Å². The summed E-state index contributed by atoms with van der Waals surface area (Å²) in [5.74, 6) is 0. The summed E-state index contributed by atoms with van der Waals surface area (Å²) in [7, 11) is -4.84. The van der Waals surface area contributed by atoms with Gasteiger partial charge < -0.3 is 0 Å². The number of halogens is 3. The normalized spacial score (nSPS) is 14.0. The molecule has 0 radical (unpaired) electrons. The molecule has 0 aliphatic rings. The van der Waals surface area contributed by atoms with E-state index in [0.717, 1.165) is 0 Å². The van der Waals surface area contributed by atoms with Crippen molar-refractivity contribution >= 4 is 9.84 Å². The Kier molecular flexibility index (Phi) is 1.56. The fourth-order valence-corrected chi connectivity index (χ4v) is 0. The molecule has 0 bridgehead atoms. The van der Waals surface area contributed by atoms with Gasteiger partial charge in [0.1, 0.15) is 0 Å². The van der Waals surface area contributed by atoms with Crippen LogP contribution in [0.15, 0.2) is 0 Å². The monoisotopic (exact) mass is 147 g/mol. The van der Waals surface area contributed by atoms with E-state index in [2.05, 4.69) is 0 Å². The smallest absolute Gasteiger partial charge is 0.220 e.